The fraction of sp³-hybridized carbons (Fsp3) is 0.148. The minimum Gasteiger partial charge on any atom is -0.335 e. The molecule has 0 aliphatic carbocycles. The van der Waals surface area contributed by atoms with Crippen LogP contribution in [0.25, 0.3) is 10.8 Å². The lowest BCUT2D eigenvalue weighted by molar-refractivity contribution is -0.123. The van der Waals surface area contributed by atoms with Gasteiger partial charge in [-0.25, -0.2) is 10.5 Å². The van der Waals surface area contributed by atoms with Crippen molar-refractivity contribution in [3.63, 3.8) is 0 Å². The van der Waals surface area contributed by atoms with E-state index in [1.807, 2.05) is 31.2 Å². The zero-order valence-electron chi connectivity index (χ0n) is 19.5. The Morgan fingerprint density at radius 2 is 1.67 bits per heavy atom. The minimum absolute atomic E-state index is 0.210. The van der Waals surface area contributed by atoms with Crippen LogP contribution in [-0.4, -0.2) is 27.7 Å². The Kier molecular flexibility index (Phi) is 8.02. The van der Waals surface area contributed by atoms with Crippen molar-refractivity contribution < 1.29 is 9.59 Å². The normalized spacial score (nSPS) is 12.2. The second-order valence-corrected chi connectivity index (χ2v) is 8.97. The molecule has 1 aromatic heterocycles. The molecule has 4 aromatic rings. The summed E-state index contributed by atoms with van der Waals surface area (Å²) in [5, 5.41) is 14.5. The zero-order chi connectivity index (χ0) is 25.5. The lowest BCUT2D eigenvalue weighted by Gasteiger charge is -2.18. The number of hydrogen-bond acceptors (Lipinski definition) is 5. The Morgan fingerprint density at radius 1 is 0.972 bits per heavy atom. The first-order chi connectivity index (χ1) is 17.5. The summed E-state index contributed by atoms with van der Waals surface area (Å²) in [7, 11) is 0. The molecule has 0 aliphatic heterocycles. The van der Waals surface area contributed by atoms with Gasteiger partial charge in [0.1, 0.15) is 5.69 Å². The average Bonchev–Trinajstić information content (AvgIpc) is 2.90. The van der Waals surface area contributed by atoms with Gasteiger partial charge in [-0.15, -0.1) is 0 Å². The smallest absolute Gasteiger partial charge is 0.272 e. The topological polar surface area (TPSA) is 116 Å². The van der Waals surface area contributed by atoms with Crippen LogP contribution in [0.1, 0.15) is 47.4 Å². The average molecular weight is 546 g/mol. The first-order valence-corrected chi connectivity index (χ1v) is 12.2. The number of fused-ring (bicyclic) bond motifs is 1. The number of carbonyl (C=O) groups excluding carboxylic acids is 2. The number of H-pyrrole nitrogens is 1. The second-order valence-electron chi connectivity index (χ2n) is 8.05. The van der Waals surface area contributed by atoms with E-state index in [0.717, 1.165) is 16.5 Å². The van der Waals surface area contributed by atoms with Crippen LogP contribution in [0.3, 0.4) is 0 Å². The maximum Gasteiger partial charge on any atom is 0.272 e. The predicted octanol–water partition coefficient (Wildman–Crippen LogP) is 4.48. The molecule has 9 heteroatoms. The molecule has 1 unspecified atom stereocenters. The summed E-state index contributed by atoms with van der Waals surface area (Å²) in [6.45, 7) is 2.02. The summed E-state index contributed by atoms with van der Waals surface area (Å²) in [6, 6.07) is 21.8. The number of aromatic amines is 1. The van der Waals surface area contributed by atoms with Crippen molar-refractivity contribution in [1.82, 2.24) is 20.9 Å². The van der Waals surface area contributed by atoms with Gasteiger partial charge in [0, 0.05) is 15.4 Å². The zero-order valence-corrected chi connectivity index (χ0v) is 21.1. The molecule has 0 fully saturated rings. The maximum atomic E-state index is 13.5. The Hall–Kier alpha value is -4.11. The molecule has 0 saturated heterocycles. The van der Waals surface area contributed by atoms with E-state index in [1.165, 1.54) is 0 Å². The van der Waals surface area contributed by atoms with Crippen LogP contribution >= 0.6 is 15.9 Å². The largest absolute Gasteiger partial charge is 0.335 e. The molecule has 0 saturated carbocycles. The van der Waals surface area contributed by atoms with Crippen molar-refractivity contribution in [3.8, 4) is 0 Å². The lowest BCUT2D eigenvalue weighted by Crippen LogP contribution is -2.40. The molecule has 8 nitrogen and oxygen atoms in total. The number of amides is 2. The molecule has 0 radical (unpaired) electrons. The molecular weight excluding hydrogens is 522 g/mol. The highest BCUT2D eigenvalue weighted by Crippen LogP contribution is 2.21. The van der Waals surface area contributed by atoms with Crippen molar-refractivity contribution >= 4 is 44.2 Å². The standard InChI is InChI=1S/C27H24BrN5O3/c1-2-9-22(18-12-8-13-19(28)16-18)30-33-27(36)24(29-25(34)17-10-4-3-5-11-17)23-20-14-6-7-15-21(20)26(35)32-31-23/h3-8,10-16,24H,2,9H2,1H3,(H,29,34)(H,32,35)(H,33,36)/b30-22+. The highest BCUT2D eigenvalue weighted by Gasteiger charge is 2.27. The second kappa shape index (κ2) is 11.5. The Labute approximate surface area is 216 Å². The van der Waals surface area contributed by atoms with E-state index in [9.17, 15) is 14.4 Å². The van der Waals surface area contributed by atoms with E-state index >= 15 is 0 Å². The number of halogens is 1. The SMILES string of the molecule is CCC/C(=N\NC(=O)C(NC(=O)c1ccccc1)c1n[nH]c(=O)c2ccccc12)c1cccc(Br)c1. The number of aromatic nitrogens is 2. The van der Waals surface area contributed by atoms with E-state index in [-0.39, 0.29) is 11.3 Å². The Bertz CT molecular complexity index is 1480. The maximum absolute atomic E-state index is 13.5. The number of benzene rings is 3. The van der Waals surface area contributed by atoms with Crippen LogP contribution < -0.4 is 16.3 Å². The fourth-order valence-corrected chi connectivity index (χ4v) is 4.17. The van der Waals surface area contributed by atoms with Crippen molar-refractivity contribution in [2.45, 2.75) is 25.8 Å². The minimum atomic E-state index is -1.21. The third-order valence-electron chi connectivity index (χ3n) is 5.52. The number of nitrogens with zero attached hydrogens (tertiary/aromatic N) is 2. The highest BCUT2D eigenvalue weighted by atomic mass is 79.9. The number of hydrogen-bond donors (Lipinski definition) is 3. The number of nitrogens with one attached hydrogen (secondary N) is 3. The van der Waals surface area contributed by atoms with E-state index in [2.05, 4.69) is 42.0 Å². The molecule has 1 heterocycles. The van der Waals surface area contributed by atoms with Gasteiger partial charge in [-0.2, -0.15) is 10.2 Å². The van der Waals surface area contributed by atoms with Crippen LogP contribution in [0.4, 0.5) is 0 Å². The molecular formula is C27H24BrN5O3. The fourth-order valence-electron chi connectivity index (χ4n) is 3.77. The summed E-state index contributed by atoms with van der Waals surface area (Å²) in [6.07, 6.45) is 1.46. The lowest BCUT2D eigenvalue weighted by atomic mass is 10.0. The molecule has 3 aromatic carbocycles. The van der Waals surface area contributed by atoms with Crippen molar-refractivity contribution in [1.29, 1.82) is 0 Å². The van der Waals surface area contributed by atoms with Crippen LogP contribution in [0.15, 0.2) is 93.2 Å². The van der Waals surface area contributed by atoms with Gasteiger partial charge >= 0.3 is 0 Å². The molecule has 0 bridgehead atoms. The Morgan fingerprint density at radius 3 is 2.39 bits per heavy atom. The first kappa shape index (κ1) is 25.0. The molecule has 3 N–H and O–H groups in total. The molecule has 2 amide bonds. The van der Waals surface area contributed by atoms with Crippen molar-refractivity contribution in [3.05, 3.63) is 111 Å². The van der Waals surface area contributed by atoms with E-state index in [4.69, 9.17) is 0 Å². The van der Waals surface area contributed by atoms with Crippen LogP contribution in [-0.2, 0) is 4.79 Å². The predicted molar refractivity (Wildman–Crippen MR) is 143 cm³/mol. The molecule has 4 rings (SSSR count). The summed E-state index contributed by atoms with van der Waals surface area (Å²) in [4.78, 5) is 38.8. The first-order valence-electron chi connectivity index (χ1n) is 11.4. The summed E-state index contributed by atoms with van der Waals surface area (Å²) in [5.74, 6) is -1.05. The highest BCUT2D eigenvalue weighted by molar-refractivity contribution is 9.10. The summed E-state index contributed by atoms with van der Waals surface area (Å²) >= 11 is 3.47. The van der Waals surface area contributed by atoms with Gasteiger partial charge in [-0.1, -0.05) is 77.8 Å². The van der Waals surface area contributed by atoms with Gasteiger partial charge in [-0.3, -0.25) is 14.4 Å². The molecule has 0 aliphatic rings. The molecule has 1 atom stereocenters. The van der Waals surface area contributed by atoms with Gasteiger partial charge in [0.05, 0.1) is 11.1 Å². The van der Waals surface area contributed by atoms with E-state index in [1.54, 1.807) is 54.6 Å². The number of carbonyl (C=O) groups is 2. The van der Waals surface area contributed by atoms with Crippen LogP contribution in [0, 0.1) is 0 Å². The summed E-state index contributed by atoms with van der Waals surface area (Å²) in [5.41, 5.74) is 4.37. The van der Waals surface area contributed by atoms with Crippen LogP contribution in [0.5, 0.6) is 0 Å². The van der Waals surface area contributed by atoms with Gasteiger partial charge < -0.3 is 5.32 Å². The number of hydrazone groups is 1. The third kappa shape index (κ3) is 5.75. The van der Waals surface area contributed by atoms with E-state index in [0.29, 0.717) is 28.5 Å². The van der Waals surface area contributed by atoms with E-state index < -0.39 is 17.9 Å². The monoisotopic (exact) mass is 545 g/mol. The quantitative estimate of drug-likeness (QED) is 0.223. The van der Waals surface area contributed by atoms with Crippen molar-refractivity contribution in [2.75, 3.05) is 0 Å². The number of rotatable bonds is 8. The summed E-state index contributed by atoms with van der Waals surface area (Å²) < 4.78 is 0.895. The van der Waals surface area contributed by atoms with Gasteiger partial charge in [-0.05, 0) is 42.3 Å². The molecule has 36 heavy (non-hydrogen) atoms. The Balaban J connectivity index is 1.72. The van der Waals surface area contributed by atoms with Gasteiger partial charge in [0.15, 0.2) is 6.04 Å². The van der Waals surface area contributed by atoms with Gasteiger partial charge in [0.2, 0.25) is 0 Å². The van der Waals surface area contributed by atoms with Crippen LogP contribution in [0.2, 0.25) is 0 Å². The van der Waals surface area contributed by atoms with Crippen molar-refractivity contribution in [2.24, 2.45) is 5.10 Å². The molecule has 182 valence electrons. The molecule has 0 spiro atoms. The van der Waals surface area contributed by atoms with Gasteiger partial charge in [0.25, 0.3) is 17.4 Å². The third-order valence-corrected chi connectivity index (χ3v) is 6.01.